The summed E-state index contributed by atoms with van der Waals surface area (Å²) in [5.74, 6) is 0.830. The molecule has 28 heteroatoms. The van der Waals surface area contributed by atoms with Crippen molar-refractivity contribution in [2.24, 2.45) is 0 Å². The van der Waals surface area contributed by atoms with E-state index in [0.29, 0.717) is 0 Å². The van der Waals surface area contributed by atoms with Gasteiger partial charge >= 0.3 is 49.4 Å². The molecular weight excluding hydrogens is 995 g/mol. The van der Waals surface area contributed by atoms with Gasteiger partial charge in [-0.25, -0.2) is 0 Å². The van der Waals surface area contributed by atoms with Crippen LogP contribution in [0.2, 0.25) is 0 Å². The van der Waals surface area contributed by atoms with E-state index in [4.69, 9.17) is 10.5 Å². The van der Waals surface area contributed by atoms with E-state index in [1.807, 2.05) is 12.1 Å². The van der Waals surface area contributed by atoms with Crippen LogP contribution in [0.3, 0.4) is 0 Å². The first-order valence-corrected chi connectivity index (χ1v) is 19.6. The van der Waals surface area contributed by atoms with Gasteiger partial charge in [-0.2, -0.15) is 138 Å². The molecule has 0 N–H and O–H groups in total. The number of halogens is 24. The monoisotopic (exact) mass is 1020 g/mol. The van der Waals surface area contributed by atoms with E-state index in [1.165, 1.54) is 0 Å². The van der Waals surface area contributed by atoms with Gasteiger partial charge in [-0.3, -0.25) is 0 Å². The molecule has 0 aliphatic rings. The first-order chi connectivity index (χ1) is 30.0. The Labute approximate surface area is 363 Å². The minimum Gasteiger partial charge on any atom is -0.194 e. The molecule has 4 aromatic rings. The normalized spacial score (nSPS) is 13.4. The van der Waals surface area contributed by atoms with Crippen molar-refractivity contribution >= 4 is 38.9 Å². The van der Waals surface area contributed by atoms with Crippen LogP contribution in [0.1, 0.15) is 44.5 Å². The van der Waals surface area contributed by atoms with Crippen molar-refractivity contribution in [3.8, 4) is 12.1 Å². The quantitative estimate of drug-likeness (QED) is 0.0836. The highest BCUT2D eigenvalue weighted by Crippen LogP contribution is 2.41. The van der Waals surface area contributed by atoms with Crippen molar-refractivity contribution in [2.45, 2.75) is 49.4 Å². The SMILES string of the molecule is C[S+](C)CC=C(C#N)C#N.FC(F)(F)c1cc([B-](c2cc(C(F)(F)F)cc(C(F)(F)F)c2)(c2cc(C(F)(F)F)cc(C(F)(F)F)c2)c2cc(C(F)(F)F)cc(C(F)(F)F)c2)cc(C(F)(F)F)c1. The zero-order chi connectivity index (χ0) is 51.9. The zero-order valence-corrected chi connectivity index (χ0v) is 33.5. The van der Waals surface area contributed by atoms with Crippen molar-refractivity contribution in [1.29, 1.82) is 10.5 Å². The van der Waals surface area contributed by atoms with E-state index < -0.39 is 195 Å². The lowest BCUT2D eigenvalue weighted by Crippen LogP contribution is -2.75. The number of nitrogens with zero attached hydrogens (tertiary/aromatic N) is 2. The first-order valence-electron chi connectivity index (χ1n) is 17.4. The van der Waals surface area contributed by atoms with Gasteiger partial charge < -0.3 is 0 Å². The zero-order valence-electron chi connectivity index (χ0n) is 32.7. The molecule has 0 radical (unpaired) electrons. The molecule has 0 saturated heterocycles. The second-order valence-electron chi connectivity index (χ2n) is 14.2. The Balaban J connectivity index is 0.00000106. The lowest BCUT2D eigenvalue weighted by molar-refractivity contribution is -0.144. The molecule has 0 heterocycles. The van der Waals surface area contributed by atoms with Crippen LogP contribution in [-0.2, 0) is 60.3 Å². The van der Waals surface area contributed by atoms with Crippen LogP contribution in [0.5, 0.6) is 0 Å². The standard InChI is InChI=1S/C32H12BF24.C7H9N2S/c34-25(35,36)13-1-14(26(37,38)39)6-21(5-13)33(22-7-15(27(40,41)42)2-16(8-22)28(43,44)45,23-9-17(29(46,47)48)3-18(10-23)30(49,50)51)24-11-19(31(52,53)54)4-20(12-24)32(55,56)57;1-10(2)4-3-7(5-8)6-9/h1-12H;3H,4H2,1-2H3/q-1;+1. The number of hydrogen-bond donors (Lipinski definition) is 0. The summed E-state index contributed by atoms with van der Waals surface area (Å²) in [5.41, 5.74) is -30.0. The first kappa shape index (κ1) is 55.7. The van der Waals surface area contributed by atoms with Crippen LogP contribution < -0.4 is 21.9 Å². The summed E-state index contributed by atoms with van der Waals surface area (Å²) >= 11 is 0. The number of rotatable bonds is 6. The van der Waals surface area contributed by atoms with Crippen LogP contribution >= 0.6 is 0 Å². The molecule has 364 valence electrons. The van der Waals surface area contributed by atoms with E-state index in [0.717, 1.165) is 5.75 Å². The van der Waals surface area contributed by atoms with Crippen LogP contribution in [0.15, 0.2) is 84.4 Å². The second kappa shape index (κ2) is 18.8. The van der Waals surface area contributed by atoms with E-state index >= 15 is 0 Å². The minimum atomic E-state index is -6.13. The predicted octanol–water partition coefficient (Wildman–Crippen LogP) is 12.1. The van der Waals surface area contributed by atoms with Crippen LogP contribution in [0.25, 0.3) is 0 Å². The summed E-state index contributed by atoms with van der Waals surface area (Å²) in [6, 6.07) is -5.19. The lowest BCUT2D eigenvalue weighted by Gasteiger charge is -2.46. The molecule has 67 heavy (non-hydrogen) atoms. The van der Waals surface area contributed by atoms with E-state index in [-0.39, 0.29) is 16.5 Å². The van der Waals surface area contributed by atoms with Crippen molar-refractivity contribution in [2.75, 3.05) is 18.3 Å². The number of allylic oxidation sites excluding steroid dienone is 1. The van der Waals surface area contributed by atoms with Gasteiger partial charge in [-0.05, 0) is 41.2 Å². The molecule has 4 rings (SSSR count). The van der Waals surface area contributed by atoms with E-state index in [2.05, 4.69) is 12.5 Å². The fourth-order valence-electron chi connectivity index (χ4n) is 6.44. The summed E-state index contributed by atoms with van der Waals surface area (Å²) in [6.45, 7) is 0. The average Bonchev–Trinajstić information content (AvgIpc) is 3.15. The van der Waals surface area contributed by atoms with Crippen molar-refractivity contribution in [3.63, 3.8) is 0 Å². The molecule has 0 unspecified atom stereocenters. The molecule has 0 spiro atoms. The molecule has 0 aromatic heterocycles. The summed E-state index contributed by atoms with van der Waals surface area (Å²) in [6.07, 6.45) is -49.0. The highest BCUT2D eigenvalue weighted by molar-refractivity contribution is 7.95. The second-order valence-corrected chi connectivity index (χ2v) is 16.5. The number of nitriles is 2. The van der Waals surface area contributed by atoms with Gasteiger partial charge in [0.25, 0.3) is 0 Å². The Kier molecular flexibility index (Phi) is 15.6. The highest BCUT2D eigenvalue weighted by atomic mass is 32.2. The Morgan fingerprint density at radius 1 is 0.373 bits per heavy atom. The van der Waals surface area contributed by atoms with Crippen LogP contribution in [0.4, 0.5) is 105 Å². The third kappa shape index (κ3) is 13.5. The summed E-state index contributed by atoms with van der Waals surface area (Å²) in [5, 5.41) is 16.6. The Morgan fingerprint density at radius 2 is 0.537 bits per heavy atom. The third-order valence-electron chi connectivity index (χ3n) is 9.30. The molecule has 0 bridgehead atoms. The third-order valence-corrected chi connectivity index (χ3v) is 10.1. The highest BCUT2D eigenvalue weighted by Gasteiger charge is 2.47. The maximum absolute atomic E-state index is 14.2. The fourth-order valence-corrected chi connectivity index (χ4v) is 6.94. The summed E-state index contributed by atoms with van der Waals surface area (Å²) in [4.78, 5) is 0. The Bertz CT molecular complexity index is 2100. The number of alkyl halides is 24. The predicted molar refractivity (Wildman–Crippen MR) is 193 cm³/mol. The Hall–Kier alpha value is -5.67. The topological polar surface area (TPSA) is 47.6 Å². The van der Waals surface area contributed by atoms with Crippen LogP contribution in [0, 0.1) is 22.7 Å². The molecule has 2 nitrogen and oxygen atoms in total. The summed E-state index contributed by atoms with van der Waals surface area (Å²) in [7, 11) is 0.282. The maximum atomic E-state index is 14.2. The van der Waals surface area contributed by atoms with E-state index in [9.17, 15) is 105 Å². The molecule has 0 saturated carbocycles. The largest absolute Gasteiger partial charge is 0.416 e. The Morgan fingerprint density at radius 3 is 0.657 bits per heavy atom. The smallest absolute Gasteiger partial charge is 0.194 e. The summed E-state index contributed by atoms with van der Waals surface area (Å²) < 4.78 is 341. The van der Waals surface area contributed by atoms with Crippen LogP contribution in [-0.4, -0.2) is 24.4 Å². The molecule has 0 amide bonds. The lowest BCUT2D eigenvalue weighted by atomic mass is 9.12. The van der Waals surface area contributed by atoms with Gasteiger partial charge in [0.05, 0.1) is 57.0 Å². The fraction of sp³-hybridized carbons (Fsp3) is 0.282. The molecule has 4 aromatic carbocycles. The number of hydrogen-bond acceptors (Lipinski definition) is 2. The molecule has 0 aliphatic heterocycles. The van der Waals surface area contributed by atoms with Gasteiger partial charge in [0.15, 0.2) is 0 Å². The van der Waals surface area contributed by atoms with Crippen molar-refractivity contribution in [3.05, 3.63) is 129 Å². The van der Waals surface area contributed by atoms with E-state index in [1.54, 1.807) is 6.08 Å². The van der Waals surface area contributed by atoms with Gasteiger partial charge in [-0.15, -0.1) is 0 Å². The maximum Gasteiger partial charge on any atom is 0.416 e. The minimum absolute atomic E-state index is 0.223. The van der Waals surface area contributed by atoms with Gasteiger partial charge in [0, 0.05) is 0 Å². The molecule has 0 atom stereocenters. The van der Waals surface area contributed by atoms with Gasteiger partial charge in [-0.1, -0.05) is 48.5 Å². The molecular formula is C39H21BF24N2S. The van der Waals surface area contributed by atoms with Gasteiger partial charge in [0.1, 0.15) is 29.6 Å². The number of benzene rings is 4. The molecule has 0 fully saturated rings. The van der Waals surface area contributed by atoms with Crippen molar-refractivity contribution < 1.29 is 105 Å². The van der Waals surface area contributed by atoms with Crippen molar-refractivity contribution in [1.82, 2.24) is 0 Å². The molecule has 0 aliphatic carbocycles. The average molecular weight is 1020 g/mol. The van der Waals surface area contributed by atoms with Gasteiger partial charge in [0.2, 0.25) is 0 Å².